The van der Waals surface area contributed by atoms with Crippen LogP contribution in [-0.4, -0.2) is 25.7 Å². The Morgan fingerprint density at radius 3 is 1.46 bits per heavy atom. The van der Waals surface area contributed by atoms with Crippen LogP contribution in [-0.2, 0) is 9.47 Å². The number of halogens is 1. The van der Waals surface area contributed by atoms with E-state index in [1.165, 1.54) is 41.3 Å². The Bertz CT molecular complexity index is 876. The molecule has 0 unspecified atom stereocenters. The fourth-order valence-electron chi connectivity index (χ4n) is 4.90. The molecule has 0 saturated carbocycles. The van der Waals surface area contributed by atoms with Crippen molar-refractivity contribution in [2.75, 3.05) is 19.4 Å². The predicted molar refractivity (Wildman–Crippen MR) is 159 cm³/mol. The van der Waals surface area contributed by atoms with Crippen LogP contribution in [0.1, 0.15) is 58.8 Å². The molecule has 3 rings (SSSR count). The molecule has 2 nitrogen and oxygen atoms in total. The molecule has 0 radical (unpaired) electrons. The first-order valence-electron chi connectivity index (χ1n) is 13.7. The van der Waals surface area contributed by atoms with Crippen LogP contribution in [0.3, 0.4) is 0 Å². The summed E-state index contributed by atoms with van der Waals surface area (Å²) in [5.74, 6) is 0. The summed E-state index contributed by atoms with van der Waals surface area (Å²) in [4.78, 5) is 0. The van der Waals surface area contributed by atoms with Gasteiger partial charge >= 0.3 is 0 Å². The van der Waals surface area contributed by atoms with E-state index in [4.69, 9.17) is 9.47 Å². The molecule has 0 aliphatic carbocycles. The Kier molecular flexibility index (Phi) is 16.0. The smallest absolute Gasteiger partial charge is 0.157 e. The number of hydrogen-bond acceptors (Lipinski definition) is 2. The lowest BCUT2D eigenvalue weighted by molar-refractivity contribution is -0.140. The maximum absolute atomic E-state index is 5.64. The average Bonchev–Trinajstić information content (AvgIpc) is 2.93. The van der Waals surface area contributed by atoms with Gasteiger partial charge in [0.25, 0.3) is 0 Å². The summed E-state index contributed by atoms with van der Waals surface area (Å²) in [6.45, 7) is 5.50. The first-order valence-corrected chi connectivity index (χ1v) is 15.7. The number of ether oxygens (including phenoxy) is 2. The van der Waals surface area contributed by atoms with Crippen LogP contribution < -0.4 is 39.9 Å². The number of unbranched alkanes of at least 4 members (excludes halogenated alkanes) is 4. The molecule has 0 aliphatic heterocycles. The Morgan fingerprint density at radius 2 is 1.03 bits per heavy atom. The van der Waals surface area contributed by atoms with Gasteiger partial charge < -0.3 is 33.5 Å². The lowest BCUT2D eigenvalue weighted by atomic mass is 10.1. The van der Waals surface area contributed by atoms with Crippen LogP contribution >= 0.6 is 7.26 Å². The molecule has 0 bridgehead atoms. The lowest BCUT2D eigenvalue weighted by Gasteiger charge is -2.27. The molecule has 3 aromatic rings. The standard InChI is InChI=1S/C33H44O2P.HI/c1-3-34-33(35-4-2)28-20-9-7-5-6-8-10-21-29-36(30-22-14-11-15-23-30,31-24-16-12-17-25-31)32-26-18-13-19-27-32;/h6,8,11-19,22-27,33H,3-5,7,9-10,20-21,28-29H2,1-2H3;1H/q+1;/p-1. The topological polar surface area (TPSA) is 18.5 Å². The highest BCUT2D eigenvalue weighted by Gasteiger charge is 2.44. The van der Waals surface area contributed by atoms with E-state index in [2.05, 4.69) is 103 Å². The first-order chi connectivity index (χ1) is 17.8. The van der Waals surface area contributed by atoms with E-state index >= 15 is 0 Å². The summed E-state index contributed by atoms with van der Waals surface area (Å²) in [5, 5.41) is 4.43. The second-order valence-electron chi connectivity index (χ2n) is 9.13. The minimum Gasteiger partial charge on any atom is -1.00 e. The van der Waals surface area contributed by atoms with E-state index in [1.54, 1.807) is 0 Å². The lowest BCUT2D eigenvalue weighted by Crippen LogP contribution is -3.00. The van der Waals surface area contributed by atoms with E-state index in [0.29, 0.717) is 0 Å². The van der Waals surface area contributed by atoms with Crippen molar-refractivity contribution < 1.29 is 33.5 Å². The van der Waals surface area contributed by atoms with E-state index in [1.807, 2.05) is 13.8 Å². The highest BCUT2D eigenvalue weighted by Crippen LogP contribution is 2.55. The molecule has 0 spiro atoms. The number of hydrogen-bond donors (Lipinski definition) is 0. The van der Waals surface area contributed by atoms with E-state index in [0.717, 1.165) is 38.9 Å². The molecule has 0 N–H and O–H groups in total. The molecule has 200 valence electrons. The number of allylic oxidation sites excluding steroid dienone is 2. The maximum Gasteiger partial charge on any atom is 0.157 e. The molecule has 0 aromatic heterocycles. The second-order valence-corrected chi connectivity index (χ2v) is 12.7. The summed E-state index contributed by atoms with van der Waals surface area (Å²) < 4.78 is 11.3. The van der Waals surface area contributed by atoms with E-state index < -0.39 is 7.26 Å². The van der Waals surface area contributed by atoms with Gasteiger partial charge in [-0.05, 0) is 88.8 Å². The Labute approximate surface area is 243 Å². The summed E-state index contributed by atoms with van der Waals surface area (Å²) in [5.41, 5.74) is 0. The zero-order valence-corrected chi connectivity index (χ0v) is 25.7. The molecular weight excluding hydrogens is 586 g/mol. The van der Waals surface area contributed by atoms with Gasteiger partial charge in [-0.2, -0.15) is 0 Å². The van der Waals surface area contributed by atoms with Crippen LogP contribution in [0, 0.1) is 0 Å². The molecular formula is C33H44IO2P. The molecule has 0 amide bonds. The highest BCUT2D eigenvalue weighted by atomic mass is 127. The van der Waals surface area contributed by atoms with E-state index in [-0.39, 0.29) is 30.3 Å². The molecule has 0 heterocycles. The Morgan fingerprint density at radius 1 is 0.595 bits per heavy atom. The molecule has 0 atom stereocenters. The SMILES string of the molecule is CCOC(CCCCCC=CCCC[P+](c1ccccc1)(c1ccccc1)c1ccccc1)OCC.[I-]. The van der Waals surface area contributed by atoms with Gasteiger partial charge in [0.05, 0.1) is 6.16 Å². The summed E-state index contributed by atoms with van der Waals surface area (Å²) in [7, 11) is -1.70. The summed E-state index contributed by atoms with van der Waals surface area (Å²) in [6, 6.07) is 33.6. The monoisotopic (exact) mass is 630 g/mol. The van der Waals surface area contributed by atoms with Crippen LogP contribution in [0.15, 0.2) is 103 Å². The van der Waals surface area contributed by atoms with Crippen molar-refractivity contribution in [1.29, 1.82) is 0 Å². The van der Waals surface area contributed by atoms with E-state index in [9.17, 15) is 0 Å². The van der Waals surface area contributed by atoms with Crippen LogP contribution in [0.2, 0.25) is 0 Å². The summed E-state index contributed by atoms with van der Waals surface area (Å²) >= 11 is 0. The second kappa shape index (κ2) is 18.7. The van der Waals surface area contributed by atoms with Gasteiger partial charge in [0, 0.05) is 13.2 Å². The van der Waals surface area contributed by atoms with Gasteiger partial charge in [-0.25, -0.2) is 0 Å². The Hall–Kier alpha value is -1.52. The minimum atomic E-state index is -1.70. The highest BCUT2D eigenvalue weighted by molar-refractivity contribution is 7.95. The van der Waals surface area contributed by atoms with Crippen molar-refractivity contribution in [2.24, 2.45) is 0 Å². The first kappa shape index (κ1) is 31.7. The fourth-order valence-corrected chi connectivity index (χ4v) is 9.27. The third-order valence-electron chi connectivity index (χ3n) is 6.64. The Balaban J connectivity index is 0.00000481. The molecule has 0 aliphatic rings. The average molecular weight is 631 g/mol. The quantitative estimate of drug-likeness (QED) is 0.0710. The zero-order valence-electron chi connectivity index (χ0n) is 22.6. The van der Waals surface area contributed by atoms with Crippen LogP contribution in [0.25, 0.3) is 0 Å². The van der Waals surface area contributed by atoms with Gasteiger partial charge in [0.1, 0.15) is 23.2 Å². The van der Waals surface area contributed by atoms with Gasteiger partial charge in [-0.3, -0.25) is 0 Å². The van der Waals surface area contributed by atoms with Crippen molar-refractivity contribution in [3.63, 3.8) is 0 Å². The van der Waals surface area contributed by atoms with Gasteiger partial charge in [0.15, 0.2) is 6.29 Å². The fraction of sp³-hybridized carbons (Fsp3) is 0.394. The summed E-state index contributed by atoms with van der Waals surface area (Å²) in [6.07, 6.45) is 14.0. The third-order valence-corrected chi connectivity index (χ3v) is 11.2. The maximum atomic E-state index is 5.64. The number of benzene rings is 3. The van der Waals surface area contributed by atoms with Gasteiger partial charge in [-0.15, -0.1) is 0 Å². The molecule has 0 saturated heterocycles. The normalized spacial score (nSPS) is 11.6. The van der Waals surface area contributed by atoms with Crippen LogP contribution in [0.4, 0.5) is 0 Å². The largest absolute Gasteiger partial charge is 1.00 e. The number of rotatable bonds is 17. The predicted octanol–water partition coefficient (Wildman–Crippen LogP) is 4.67. The van der Waals surface area contributed by atoms with Crippen LogP contribution in [0.5, 0.6) is 0 Å². The zero-order chi connectivity index (χ0) is 25.3. The van der Waals surface area contributed by atoms with Crippen molar-refractivity contribution in [2.45, 2.75) is 65.1 Å². The van der Waals surface area contributed by atoms with Gasteiger partial charge in [-0.1, -0.05) is 73.2 Å². The molecule has 0 fully saturated rings. The van der Waals surface area contributed by atoms with Crippen molar-refractivity contribution >= 4 is 23.2 Å². The molecule has 37 heavy (non-hydrogen) atoms. The van der Waals surface area contributed by atoms with Crippen molar-refractivity contribution in [1.82, 2.24) is 0 Å². The van der Waals surface area contributed by atoms with Crippen molar-refractivity contribution in [3.8, 4) is 0 Å². The minimum absolute atomic E-state index is 0. The molecule has 4 heteroatoms. The van der Waals surface area contributed by atoms with Gasteiger partial charge in [0.2, 0.25) is 0 Å². The molecule has 3 aromatic carbocycles. The van der Waals surface area contributed by atoms with Crippen molar-refractivity contribution in [3.05, 3.63) is 103 Å². The third kappa shape index (κ3) is 9.94.